The molecule has 0 aliphatic rings. The molecule has 1 aromatic heterocycles. The van der Waals surface area contributed by atoms with E-state index in [1.807, 2.05) is 0 Å². The highest BCUT2D eigenvalue weighted by Crippen LogP contribution is 2.14. The average molecular weight is 232 g/mol. The lowest BCUT2D eigenvalue weighted by Crippen LogP contribution is -2.11. The summed E-state index contributed by atoms with van der Waals surface area (Å²) >= 11 is 0. The minimum Gasteiger partial charge on any atom is -0.366 e. The number of nitro groups is 1. The Labute approximate surface area is 95.6 Å². The molecular weight excluding hydrogens is 224 g/mol. The van der Waals surface area contributed by atoms with Crippen LogP contribution in [0, 0.1) is 10.1 Å². The predicted molar refractivity (Wildman–Crippen MR) is 58.7 cm³/mol. The first-order valence-corrected chi connectivity index (χ1v) is 4.66. The summed E-state index contributed by atoms with van der Waals surface area (Å²) in [7, 11) is 0. The van der Waals surface area contributed by atoms with E-state index in [9.17, 15) is 14.9 Å². The highest BCUT2D eigenvalue weighted by molar-refractivity contribution is 5.93. The van der Waals surface area contributed by atoms with Crippen LogP contribution in [0.15, 0.2) is 36.8 Å². The lowest BCUT2D eigenvalue weighted by atomic mass is 10.2. The van der Waals surface area contributed by atoms with Crippen molar-refractivity contribution in [1.82, 2.24) is 9.55 Å². The van der Waals surface area contributed by atoms with Gasteiger partial charge >= 0.3 is 5.82 Å². The zero-order valence-electron chi connectivity index (χ0n) is 8.61. The van der Waals surface area contributed by atoms with Gasteiger partial charge in [-0.25, -0.2) is 0 Å². The standard InChI is InChI=1S/C10H8N4O3/c11-10(15)7-2-1-3-8(4-7)13-5-9(12-6-13)14(16)17/h1-6H,(H2,11,15). The second-order valence-corrected chi connectivity index (χ2v) is 3.31. The van der Waals surface area contributed by atoms with Gasteiger partial charge in [0.2, 0.25) is 12.2 Å². The van der Waals surface area contributed by atoms with Crippen LogP contribution in [0.25, 0.3) is 5.69 Å². The number of rotatable bonds is 3. The number of amides is 1. The third kappa shape index (κ3) is 2.12. The van der Waals surface area contributed by atoms with Gasteiger partial charge < -0.3 is 15.8 Å². The monoisotopic (exact) mass is 232 g/mol. The van der Waals surface area contributed by atoms with Crippen molar-refractivity contribution in [2.75, 3.05) is 0 Å². The Kier molecular flexibility index (Phi) is 2.57. The van der Waals surface area contributed by atoms with Crippen molar-refractivity contribution in [2.45, 2.75) is 0 Å². The number of carbonyl (C=O) groups excluding carboxylic acids is 1. The van der Waals surface area contributed by atoms with Crippen molar-refractivity contribution in [3.05, 3.63) is 52.5 Å². The number of carbonyl (C=O) groups is 1. The molecule has 0 spiro atoms. The molecule has 0 bridgehead atoms. The maximum absolute atomic E-state index is 11.0. The topological polar surface area (TPSA) is 104 Å². The summed E-state index contributed by atoms with van der Waals surface area (Å²) in [6.07, 6.45) is 2.57. The van der Waals surface area contributed by atoms with Crippen molar-refractivity contribution < 1.29 is 9.72 Å². The van der Waals surface area contributed by atoms with Crippen LogP contribution in [0.3, 0.4) is 0 Å². The first-order valence-electron chi connectivity index (χ1n) is 4.66. The lowest BCUT2D eigenvalue weighted by molar-refractivity contribution is -0.389. The Bertz CT molecular complexity index is 591. The zero-order valence-corrected chi connectivity index (χ0v) is 8.61. The number of nitrogens with two attached hydrogens (primary N) is 1. The van der Waals surface area contributed by atoms with Crippen LogP contribution >= 0.6 is 0 Å². The Morgan fingerprint density at radius 2 is 2.24 bits per heavy atom. The summed E-state index contributed by atoms with van der Waals surface area (Å²) in [4.78, 5) is 24.5. The third-order valence-electron chi connectivity index (χ3n) is 2.18. The smallest absolute Gasteiger partial charge is 0.366 e. The summed E-state index contributed by atoms with van der Waals surface area (Å²) in [6, 6.07) is 6.43. The van der Waals surface area contributed by atoms with Gasteiger partial charge in [0.15, 0.2) is 0 Å². The number of imidazole rings is 1. The molecule has 0 atom stereocenters. The average Bonchev–Trinajstić information content (AvgIpc) is 2.78. The van der Waals surface area contributed by atoms with Gasteiger partial charge in [-0.2, -0.15) is 0 Å². The number of nitrogens with zero attached hydrogens (tertiary/aromatic N) is 3. The SMILES string of the molecule is NC(=O)c1cccc(-n2cnc([N+](=O)[O-])c2)c1. The van der Waals surface area contributed by atoms with Crippen LogP contribution in [-0.4, -0.2) is 20.4 Å². The molecule has 1 amide bonds. The lowest BCUT2D eigenvalue weighted by Gasteiger charge is -2.01. The van der Waals surface area contributed by atoms with E-state index in [1.165, 1.54) is 23.2 Å². The Hall–Kier alpha value is -2.70. The number of primary amides is 1. The highest BCUT2D eigenvalue weighted by atomic mass is 16.6. The van der Waals surface area contributed by atoms with Gasteiger partial charge in [-0.3, -0.25) is 9.36 Å². The molecule has 0 unspecified atom stereocenters. The van der Waals surface area contributed by atoms with Gasteiger partial charge in [0.05, 0.1) is 0 Å². The van der Waals surface area contributed by atoms with Gasteiger partial charge in [0.25, 0.3) is 0 Å². The van der Waals surface area contributed by atoms with Crippen LogP contribution in [-0.2, 0) is 0 Å². The fraction of sp³-hybridized carbons (Fsp3) is 0. The van der Waals surface area contributed by atoms with Gasteiger partial charge in [-0.1, -0.05) is 6.07 Å². The normalized spacial score (nSPS) is 10.1. The summed E-state index contributed by atoms with van der Waals surface area (Å²) < 4.78 is 1.45. The molecule has 86 valence electrons. The molecule has 0 aliphatic carbocycles. The van der Waals surface area contributed by atoms with Gasteiger partial charge in [0.1, 0.15) is 6.20 Å². The Balaban J connectivity index is 2.42. The molecule has 0 saturated heterocycles. The van der Waals surface area contributed by atoms with E-state index in [0.29, 0.717) is 11.3 Å². The van der Waals surface area contributed by atoms with E-state index in [-0.39, 0.29) is 5.82 Å². The number of benzene rings is 1. The maximum atomic E-state index is 11.0. The molecule has 7 heteroatoms. The van der Waals surface area contributed by atoms with E-state index in [1.54, 1.807) is 18.2 Å². The van der Waals surface area contributed by atoms with Gasteiger partial charge in [-0.05, 0) is 28.1 Å². The summed E-state index contributed by atoms with van der Waals surface area (Å²) in [5, 5.41) is 10.5. The molecule has 7 nitrogen and oxygen atoms in total. The van der Waals surface area contributed by atoms with Crippen molar-refractivity contribution in [1.29, 1.82) is 0 Å². The van der Waals surface area contributed by atoms with Gasteiger partial charge in [0, 0.05) is 11.3 Å². The van der Waals surface area contributed by atoms with Crippen molar-refractivity contribution >= 4 is 11.7 Å². The molecule has 2 rings (SSSR count). The Morgan fingerprint density at radius 3 is 2.82 bits per heavy atom. The van der Waals surface area contributed by atoms with E-state index >= 15 is 0 Å². The summed E-state index contributed by atoms with van der Waals surface area (Å²) in [5.74, 6) is -0.809. The fourth-order valence-corrected chi connectivity index (χ4v) is 1.37. The molecular formula is C10H8N4O3. The van der Waals surface area contributed by atoms with Crippen molar-refractivity contribution in [3.8, 4) is 5.69 Å². The van der Waals surface area contributed by atoms with Crippen molar-refractivity contribution in [2.24, 2.45) is 5.73 Å². The fourth-order valence-electron chi connectivity index (χ4n) is 1.37. The second-order valence-electron chi connectivity index (χ2n) is 3.31. The van der Waals surface area contributed by atoms with Gasteiger partial charge in [-0.15, -0.1) is 0 Å². The van der Waals surface area contributed by atoms with E-state index in [2.05, 4.69) is 4.98 Å². The molecule has 17 heavy (non-hydrogen) atoms. The molecule has 0 fully saturated rings. The molecule has 1 aromatic carbocycles. The van der Waals surface area contributed by atoms with Crippen LogP contribution in [0.4, 0.5) is 5.82 Å². The first-order chi connectivity index (χ1) is 8.08. The maximum Gasteiger partial charge on any atom is 0.381 e. The van der Waals surface area contributed by atoms with Crippen LogP contribution < -0.4 is 5.73 Å². The summed E-state index contributed by atoms with van der Waals surface area (Å²) in [5.41, 5.74) is 6.06. The van der Waals surface area contributed by atoms with Crippen LogP contribution in [0.1, 0.15) is 10.4 Å². The van der Waals surface area contributed by atoms with E-state index in [0.717, 1.165) is 0 Å². The number of hydrogen-bond donors (Lipinski definition) is 1. The van der Waals surface area contributed by atoms with E-state index < -0.39 is 10.8 Å². The quantitative estimate of drug-likeness (QED) is 0.626. The zero-order chi connectivity index (χ0) is 12.4. The molecule has 1 heterocycles. The minimum atomic E-state index is -0.589. The predicted octanol–water partition coefficient (Wildman–Crippen LogP) is 0.879. The van der Waals surface area contributed by atoms with Crippen LogP contribution in [0.5, 0.6) is 0 Å². The number of hydrogen-bond acceptors (Lipinski definition) is 4. The molecule has 0 radical (unpaired) electrons. The third-order valence-corrected chi connectivity index (χ3v) is 2.18. The van der Waals surface area contributed by atoms with Crippen LogP contribution in [0.2, 0.25) is 0 Å². The minimum absolute atomic E-state index is 0.255. The molecule has 2 N–H and O–H groups in total. The van der Waals surface area contributed by atoms with Crippen molar-refractivity contribution in [3.63, 3.8) is 0 Å². The summed E-state index contributed by atoms with van der Waals surface area (Å²) in [6.45, 7) is 0. The largest absolute Gasteiger partial charge is 0.381 e. The first kappa shape index (κ1) is 10.8. The second kappa shape index (κ2) is 4.05. The molecule has 2 aromatic rings. The molecule has 0 saturated carbocycles. The molecule has 0 aliphatic heterocycles. The highest BCUT2D eigenvalue weighted by Gasteiger charge is 2.11. The number of aromatic nitrogens is 2. The van der Waals surface area contributed by atoms with E-state index in [4.69, 9.17) is 5.73 Å². The Morgan fingerprint density at radius 1 is 1.47 bits per heavy atom.